The van der Waals surface area contributed by atoms with Crippen molar-refractivity contribution in [1.82, 2.24) is 10.2 Å². The number of methoxy groups -OCH3 is 1. The lowest BCUT2D eigenvalue weighted by Gasteiger charge is -2.12. The predicted molar refractivity (Wildman–Crippen MR) is 133 cm³/mol. The van der Waals surface area contributed by atoms with Crippen molar-refractivity contribution in [2.24, 2.45) is 0 Å². The average Bonchev–Trinajstić information content (AvgIpc) is 3.64. The highest BCUT2D eigenvalue weighted by Crippen LogP contribution is 2.31. The summed E-state index contributed by atoms with van der Waals surface area (Å²) < 4.78 is 11.6. The van der Waals surface area contributed by atoms with Gasteiger partial charge in [0.05, 0.1) is 7.11 Å². The van der Waals surface area contributed by atoms with E-state index in [-0.39, 0.29) is 11.9 Å². The quantitative estimate of drug-likeness (QED) is 0.393. The number of thiocarbonyl (C=S) groups is 1. The molecule has 1 N–H and O–H groups in total. The van der Waals surface area contributed by atoms with E-state index in [1.807, 2.05) is 54.6 Å². The Kier molecular flexibility index (Phi) is 5.84. The third-order valence-corrected chi connectivity index (χ3v) is 6.09. The van der Waals surface area contributed by atoms with Crippen LogP contribution in [0.15, 0.2) is 78.5 Å². The summed E-state index contributed by atoms with van der Waals surface area (Å²) in [7, 11) is 1.64. The van der Waals surface area contributed by atoms with E-state index in [9.17, 15) is 4.79 Å². The van der Waals surface area contributed by atoms with E-state index in [1.54, 1.807) is 12.0 Å². The van der Waals surface area contributed by atoms with E-state index in [2.05, 4.69) is 29.6 Å². The number of amides is 1. The van der Waals surface area contributed by atoms with Crippen LogP contribution >= 0.6 is 12.2 Å². The zero-order valence-electron chi connectivity index (χ0n) is 18.3. The molecular weight excluding hydrogens is 432 g/mol. The molecule has 1 saturated carbocycles. The summed E-state index contributed by atoms with van der Waals surface area (Å²) in [5.74, 6) is 1.45. The highest BCUT2D eigenvalue weighted by atomic mass is 32.1. The van der Waals surface area contributed by atoms with E-state index in [1.165, 1.54) is 5.56 Å². The molecule has 1 heterocycles. The maximum atomic E-state index is 12.7. The molecule has 166 valence electrons. The van der Waals surface area contributed by atoms with Crippen LogP contribution < -0.4 is 14.8 Å². The zero-order valence-corrected chi connectivity index (χ0v) is 19.1. The van der Waals surface area contributed by atoms with Gasteiger partial charge in [0, 0.05) is 11.6 Å². The Hall–Kier alpha value is -3.64. The normalized spacial score (nSPS) is 16.8. The summed E-state index contributed by atoms with van der Waals surface area (Å²) in [5.41, 5.74) is 4.58. The number of ether oxygens (including phenoxy) is 2. The van der Waals surface area contributed by atoms with Gasteiger partial charge in [0.15, 0.2) is 5.11 Å². The molecule has 3 aromatic rings. The van der Waals surface area contributed by atoms with Gasteiger partial charge in [-0.3, -0.25) is 9.69 Å². The van der Waals surface area contributed by atoms with Crippen LogP contribution in [0.3, 0.4) is 0 Å². The molecule has 1 amide bonds. The highest BCUT2D eigenvalue weighted by Gasteiger charge is 2.41. The van der Waals surface area contributed by atoms with Gasteiger partial charge in [0.25, 0.3) is 5.91 Å². The van der Waals surface area contributed by atoms with Crippen molar-refractivity contribution in [1.29, 1.82) is 0 Å². The zero-order chi connectivity index (χ0) is 22.8. The first-order valence-electron chi connectivity index (χ1n) is 10.9. The van der Waals surface area contributed by atoms with Crippen LogP contribution in [-0.2, 0) is 11.4 Å². The number of nitrogens with one attached hydrogen (secondary N) is 1. The summed E-state index contributed by atoms with van der Waals surface area (Å²) in [5, 5.41) is 3.55. The lowest BCUT2D eigenvalue weighted by molar-refractivity contribution is -0.122. The van der Waals surface area contributed by atoms with Crippen LogP contribution in [0.25, 0.3) is 17.2 Å². The Morgan fingerprint density at radius 3 is 2.45 bits per heavy atom. The van der Waals surface area contributed by atoms with Crippen molar-refractivity contribution in [2.75, 3.05) is 7.11 Å². The van der Waals surface area contributed by atoms with Gasteiger partial charge in [0.2, 0.25) is 0 Å². The van der Waals surface area contributed by atoms with E-state index in [0.29, 0.717) is 17.4 Å². The molecule has 0 radical (unpaired) electrons. The van der Waals surface area contributed by atoms with Crippen molar-refractivity contribution in [3.63, 3.8) is 0 Å². The van der Waals surface area contributed by atoms with E-state index >= 15 is 0 Å². The Labute approximate surface area is 198 Å². The smallest absolute Gasteiger partial charge is 0.276 e. The number of carbonyl (C=O) groups excluding carboxylic acids is 1. The Balaban J connectivity index is 1.31. The lowest BCUT2D eigenvalue weighted by atomic mass is 10.1. The molecule has 33 heavy (non-hydrogen) atoms. The van der Waals surface area contributed by atoms with E-state index in [0.717, 1.165) is 41.0 Å². The fraction of sp³-hybridized carbons (Fsp3) is 0.185. The van der Waals surface area contributed by atoms with Gasteiger partial charge in [-0.15, -0.1) is 0 Å². The first-order valence-corrected chi connectivity index (χ1v) is 11.3. The van der Waals surface area contributed by atoms with Gasteiger partial charge < -0.3 is 14.8 Å². The Morgan fingerprint density at radius 2 is 1.76 bits per heavy atom. The number of nitrogens with zero attached hydrogens (tertiary/aromatic N) is 1. The van der Waals surface area contributed by atoms with Crippen LogP contribution in [-0.4, -0.2) is 29.1 Å². The van der Waals surface area contributed by atoms with Crippen molar-refractivity contribution in [2.45, 2.75) is 25.5 Å². The highest BCUT2D eigenvalue weighted by molar-refractivity contribution is 7.80. The fourth-order valence-electron chi connectivity index (χ4n) is 3.92. The minimum atomic E-state index is -0.0605. The van der Waals surface area contributed by atoms with Crippen LogP contribution in [0.2, 0.25) is 0 Å². The van der Waals surface area contributed by atoms with Crippen molar-refractivity contribution in [3.8, 4) is 22.6 Å². The van der Waals surface area contributed by atoms with Crippen LogP contribution in [0.4, 0.5) is 0 Å². The lowest BCUT2D eigenvalue weighted by Crippen LogP contribution is -2.32. The number of benzene rings is 3. The third-order valence-electron chi connectivity index (χ3n) is 5.79. The molecule has 1 aliphatic heterocycles. The number of rotatable bonds is 7. The Bertz CT molecular complexity index is 1220. The molecule has 0 unspecified atom stereocenters. The number of hydrogen-bond donors (Lipinski definition) is 1. The van der Waals surface area contributed by atoms with Gasteiger partial charge >= 0.3 is 0 Å². The van der Waals surface area contributed by atoms with E-state index in [4.69, 9.17) is 21.7 Å². The van der Waals surface area contributed by atoms with Gasteiger partial charge in [-0.1, -0.05) is 48.5 Å². The fourth-order valence-corrected chi connectivity index (χ4v) is 4.26. The first-order chi connectivity index (χ1) is 16.1. The number of hydrogen-bond acceptors (Lipinski definition) is 4. The van der Waals surface area contributed by atoms with Gasteiger partial charge in [-0.05, 0) is 72.1 Å². The third kappa shape index (κ3) is 4.61. The van der Waals surface area contributed by atoms with Gasteiger partial charge in [0.1, 0.15) is 23.8 Å². The molecule has 2 fully saturated rings. The summed E-state index contributed by atoms with van der Waals surface area (Å²) >= 11 is 5.34. The van der Waals surface area contributed by atoms with Crippen molar-refractivity contribution < 1.29 is 14.3 Å². The average molecular weight is 457 g/mol. The minimum Gasteiger partial charge on any atom is -0.496 e. The molecule has 1 saturated heterocycles. The number of carbonyl (C=O) groups is 1. The predicted octanol–water partition coefficient (Wildman–Crippen LogP) is 5.16. The standard InChI is InChI=1S/C27H24N2O3S/c1-31-25-14-7-18(16-24-26(30)29(22-10-11-22)27(33)28-24)15-21(25)17-32-23-12-8-20(9-13-23)19-5-3-2-4-6-19/h2-9,12-16,22H,10-11,17H2,1H3,(H,28,33)/b24-16+. The minimum absolute atomic E-state index is 0.0605. The first kappa shape index (κ1) is 21.2. The SMILES string of the molecule is COc1ccc(/C=C2/NC(=S)N(C3CC3)C2=O)cc1COc1ccc(-c2ccccc2)cc1. The maximum absolute atomic E-state index is 12.7. The van der Waals surface area contributed by atoms with Crippen LogP contribution in [0, 0.1) is 0 Å². The maximum Gasteiger partial charge on any atom is 0.276 e. The van der Waals surface area contributed by atoms with Gasteiger partial charge in [-0.2, -0.15) is 0 Å². The van der Waals surface area contributed by atoms with Gasteiger partial charge in [-0.25, -0.2) is 0 Å². The van der Waals surface area contributed by atoms with E-state index < -0.39 is 0 Å². The molecular formula is C27H24N2O3S. The molecule has 0 atom stereocenters. The molecule has 2 aliphatic rings. The second-order valence-corrected chi connectivity index (χ2v) is 8.53. The summed E-state index contributed by atoms with van der Waals surface area (Å²) in [4.78, 5) is 14.4. The van der Waals surface area contributed by atoms with Crippen molar-refractivity contribution >= 4 is 29.3 Å². The molecule has 0 aromatic heterocycles. The van der Waals surface area contributed by atoms with Crippen LogP contribution in [0.5, 0.6) is 11.5 Å². The molecule has 0 spiro atoms. The van der Waals surface area contributed by atoms with Crippen molar-refractivity contribution in [3.05, 3.63) is 89.6 Å². The summed E-state index contributed by atoms with van der Waals surface area (Å²) in [6, 6.07) is 24.3. The van der Waals surface area contributed by atoms with Crippen LogP contribution in [0.1, 0.15) is 24.0 Å². The second kappa shape index (κ2) is 9.08. The molecule has 5 nitrogen and oxygen atoms in total. The summed E-state index contributed by atoms with van der Waals surface area (Å²) in [6.45, 7) is 0.346. The monoisotopic (exact) mass is 456 g/mol. The molecule has 6 heteroatoms. The second-order valence-electron chi connectivity index (χ2n) is 8.14. The largest absolute Gasteiger partial charge is 0.496 e. The molecule has 1 aliphatic carbocycles. The molecule has 0 bridgehead atoms. The summed E-state index contributed by atoms with van der Waals surface area (Å²) in [6.07, 6.45) is 3.85. The topological polar surface area (TPSA) is 50.8 Å². The Morgan fingerprint density at radius 1 is 1.03 bits per heavy atom. The molecule has 3 aromatic carbocycles. The molecule has 5 rings (SSSR count).